The molecule has 0 radical (unpaired) electrons. The van der Waals surface area contributed by atoms with E-state index in [0.29, 0.717) is 31.1 Å². The van der Waals surface area contributed by atoms with Gasteiger partial charge in [-0.3, -0.25) is 9.59 Å². The number of amides is 1. The van der Waals surface area contributed by atoms with Crippen LogP contribution in [0, 0.1) is 29.2 Å². The number of carbonyl (C=O) groups is 2. The Morgan fingerprint density at radius 2 is 1.72 bits per heavy atom. The molecule has 2 aliphatic rings. The van der Waals surface area contributed by atoms with E-state index in [1.807, 2.05) is 0 Å². The molecule has 0 aliphatic carbocycles. The van der Waals surface area contributed by atoms with Crippen molar-refractivity contribution in [3.05, 3.63) is 101 Å². The number of piperazine rings is 1. The van der Waals surface area contributed by atoms with E-state index in [9.17, 15) is 31.2 Å². The first-order valence-corrected chi connectivity index (χ1v) is 16.7. The van der Waals surface area contributed by atoms with Crippen molar-refractivity contribution in [3.63, 3.8) is 0 Å². The third kappa shape index (κ3) is 7.76. The van der Waals surface area contributed by atoms with Gasteiger partial charge in [-0.25, -0.2) is 26.0 Å². The Morgan fingerprint density at radius 1 is 1.00 bits per heavy atom. The summed E-state index contributed by atoms with van der Waals surface area (Å²) in [5, 5.41) is 6.08. The third-order valence-electron chi connectivity index (χ3n) is 8.69. The van der Waals surface area contributed by atoms with E-state index in [1.165, 1.54) is 34.6 Å². The molecule has 246 valence electrons. The number of benzene rings is 3. The molecule has 2 fully saturated rings. The van der Waals surface area contributed by atoms with Gasteiger partial charge in [-0.2, -0.15) is 4.31 Å². The van der Waals surface area contributed by atoms with Gasteiger partial charge in [0.1, 0.15) is 23.3 Å². The Labute approximate surface area is 265 Å². The number of nitrogens with one attached hydrogen (secondary N) is 2. The van der Waals surface area contributed by atoms with Crippen molar-refractivity contribution >= 4 is 27.6 Å². The number of hydrogen-bond acceptors (Lipinski definition) is 6. The van der Waals surface area contributed by atoms with Crippen molar-refractivity contribution in [2.45, 2.75) is 50.1 Å². The number of esters is 1. The highest BCUT2D eigenvalue weighted by Gasteiger charge is 2.38. The summed E-state index contributed by atoms with van der Waals surface area (Å²) in [6.45, 7) is 0.749. The molecule has 1 amide bonds. The number of sulfonamides is 1. The summed E-state index contributed by atoms with van der Waals surface area (Å²) in [5.74, 6) is -6.99. The largest absolute Gasteiger partial charge is 0.469 e. The lowest BCUT2D eigenvalue weighted by molar-refractivity contribution is -0.143. The van der Waals surface area contributed by atoms with Crippen molar-refractivity contribution < 1.29 is 40.3 Å². The van der Waals surface area contributed by atoms with Crippen LogP contribution in [0.1, 0.15) is 48.3 Å². The van der Waals surface area contributed by atoms with Gasteiger partial charge in [-0.15, -0.1) is 0 Å². The first-order valence-electron chi connectivity index (χ1n) is 15.0. The number of anilines is 1. The molecule has 2 N–H and O–H groups in total. The summed E-state index contributed by atoms with van der Waals surface area (Å²) in [6.07, 6.45) is 1.15. The van der Waals surface area contributed by atoms with Crippen molar-refractivity contribution in [3.8, 4) is 0 Å². The fourth-order valence-corrected chi connectivity index (χ4v) is 8.23. The monoisotopic (exact) mass is 661 g/mol. The molecule has 2 heterocycles. The Morgan fingerprint density at radius 3 is 2.41 bits per heavy atom. The Balaban J connectivity index is 1.46. The number of halogens is 4. The van der Waals surface area contributed by atoms with Crippen LogP contribution in [0.25, 0.3) is 0 Å². The minimum absolute atomic E-state index is 0.0226. The molecular formula is C33H35F4N3O5S. The summed E-state index contributed by atoms with van der Waals surface area (Å²) in [6, 6.07) is 11.4. The van der Waals surface area contributed by atoms with Crippen LogP contribution in [-0.4, -0.2) is 62.6 Å². The lowest BCUT2D eigenvalue weighted by atomic mass is 9.78. The van der Waals surface area contributed by atoms with Crippen molar-refractivity contribution in [1.29, 1.82) is 0 Å². The summed E-state index contributed by atoms with van der Waals surface area (Å²) < 4.78 is 90.2. The SMILES string of the molecule is COC(=O)C[C@H](C(=O)Nc1cccc(F)c1CCC1CNC2CCCS(=O)(=O)N1C2)[C@@H](c1ccc(F)cc1)c1cc(F)cc(F)c1. The Kier molecular flexibility index (Phi) is 10.4. The van der Waals surface area contributed by atoms with Crippen molar-refractivity contribution in [2.75, 3.05) is 31.3 Å². The van der Waals surface area contributed by atoms with E-state index in [-0.39, 0.29) is 41.5 Å². The molecule has 0 spiro atoms. The van der Waals surface area contributed by atoms with Gasteiger partial charge in [-0.05, 0) is 73.2 Å². The maximum atomic E-state index is 15.3. The molecular weight excluding hydrogens is 626 g/mol. The van der Waals surface area contributed by atoms with Crippen LogP contribution in [-0.2, 0) is 30.8 Å². The van der Waals surface area contributed by atoms with Gasteiger partial charge < -0.3 is 15.4 Å². The number of hydrogen-bond donors (Lipinski definition) is 2. The van der Waals surface area contributed by atoms with Gasteiger partial charge in [0, 0.05) is 48.4 Å². The highest BCUT2D eigenvalue weighted by atomic mass is 32.2. The van der Waals surface area contributed by atoms with E-state index in [1.54, 1.807) is 0 Å². The minimum Gasteiger partial charge on any atom is -0.469 e. The predicted molar refractivity (Wildman–Crippen MR) is 163 cm³/mol. The summed E-state index contributed by atoms with van der Waals surface area (Å²) in [4.78, 5) is 26.6. The topological polar surface area (TPSA) is 105 Å². The maximum absolute atomic E-state index is 15.3. The molecule has 3 aromatic carbocycles. The van der Waals surface area contributed by atoms with Crippen molar-refractivity contribution in [1.82, 2.24) is 9.62 Å². The molecule has 3 unspecified atom stereocenters. The molecule has 13 heteroatoms. The number of nitrogens with zero attached hydrogens (tertiary/aromatic N) is 1. The van der Waals surface area contributed by atoms with Crippen LogP contribution >= 0.6 is 0 Å². The number of rotatable bonds is 10. The quantitative estimate of drug-likeness (QED) is 0.237. The normalized spacial score (nSPS) is 21.9. The van der Waals surface area contributed by atoms with Gasteiger partial charge in [-0.1, -0.05) is 18.2 Å². The van der Waals surface area contributed by atoms with E-state index >= 15 is 4.39 Å². The highest BCUT2D eigenvalue weighted by Crippen LogP contribution is 2.37. The molecule has 8 nitrogen and oxygen atoms in total. The van der Waals surface area contributed by atoms with Crippen LogP contribution < -0.4 is 10.6 Å². The van der Waals surface area contributed by atoms with Gasteiger partial charge >= 0.3 is 5.97 Å². The molecule has 2 saturated heterocycles. The maximum Gasteiger partial charge on any atom is 0.306 e. The second-order valence-corrected chi connectivity index (χ2v) is 13.7. The lowest BCUT2D eigenvalue weighted by Crippen LogP contribution is -2.57. The zero-order valence-electron chi connectivity index (χ0n) is 25.1. The summed E-state index contributed by atoms with van der Waals surface area (Å²) >= 11 is 0. The second kappa shape index (κ2) is 14.3. The smallest absolute Gasteiger partial charge is 0.306 e. The van der Waals surface area contributed by atoms with E-state index in [4.69, 9.17) is 4.74 Å². The van der Waals surface area contributed by atoms with Gasteiger partial charge in [0.15, 0.2) is 0 Å². The molecule has 5 rings (SSSR count). The Hall–Kier alpha value is -3.81. The molecule has 2 bridgehead atoms. The predicted octanol–water partition coefficient (Wildman–Crippen LogP) is 4.89. The van der Waals surface area contributed by atoms with Gasteiger partial charge in [0.25, 0.3) is 0 Å². The third-order valence-corrected chi connectivity index (χ3v) is 10.7. The van der Waals surface area contributed by atoms with Crippen molar-refractivity contribution in [2.24, 2.45) is 5.92 Å². The molecule has 5 atom stereocenters. The highest BCUT2D eigenvalue weighted by molar-refractivity contribution is 7.89. The first kappa shape index (κ1) is 33.6. The van der Waals surface area contributed by atoms with E-state index < -0.39 is 69.5 Å². The van der Waals surface area contributed by atoms with E-state index in [0.717, 1.165) is 37.8 Å². The van der Waals surface area contributed by atoms with E-state index in [2.05, 4.69) is 10.6 Å². The molecule has 46 heavy (non-hydrogen) atoms. The first-order chi connectivity index (χ1) is 21.9. The molecule has 0 saturated carbocycles. The summed E-state index contributed by atoms with van der Waals surface area (Å²) in [7, 11) is -2.34. The van der Waals surface area contributed by atoms with Gasteiger partial charge in [0.05, 0.1) is 25.2 Å². The van der Waals surface area contributed by atoms with Crippen LogP contribution in [0.2, 0.25) is 0 Å². The van der Waals surface area contributed by atoms with Crippen LogP contribution in [0.4, 0.5) is 23.2 Å². The zero-order chi connectivity index (χ0) is 33.0. The number of carbonyl (C=O) groups excluding carboxylic acids is 2. The Bertz CT molecular complexity index is 1670. The number of methoxy groups -OCH3 is 1. The van der Waals surface area contributed by atoms with Crippen LogP contribution in [0.15, 0.2) is 60.7 Å². The minimum atomic E-state index is -3.47. The lowest BCUT2D eigenvalue weighted by Gasteiger charge is -2.37. The molecule has 3 aromatic rings. The second-order valence-electron chi connectivity index (χ2n) is 11.7. The van der Waals surface area contributed by atoms with Gasteiger partial charge in [0.2, 0.25) is 15.9 Å². The number of ether oxygens (including phenoxy) is 1. The number of fused-ring (bicyclic) bond motifs is 2. The van der Waals surface area contributed by atoms with Crippen LogP contribution in [0.3, 0.4) is 0 Å². The average molecular weight is 662 g/mol. The fourth-order valence-electron chi connectivity index (χ4n) is 6.42. The zero-order valence-corrected chi connectivity index (χ0v) is 26.0. The standard InChI is InChI=1S/C33H35F4N3O5S/c1-45-31(41)17-28(32(20-7-9-22(34)10-8-20)21-14-23(35)16-24(36)15-21)33(42)39-30-6-2-5-29(37)27(30)12-11-26-18-38-25-4-3-13-46(43,44)40(26)19-25/h2,5-10,14-16,25-26,28,32,38H,3-4,11-13,17-19H2,1H3,(H,39,42)/t25?,26?,28-,32-/m0/s1. The van der Waals surface area contributed by atoms with Crippen LogP contribution in [0.5, 0.6) is 0 Å². The summed E-state index contributed by atoms with van der Waals surface area (Å²) in [5.41, 5.74) is 0.562. The average Bonchev–Trinajstić information content (AvgIpc) is 3.12. The molecule has 0 aromatic heterocycles. The molecule has 2 aliphatic heterocycles. The fraction of sp³-hybridized carbons (Fsp3) is 0.394.